The Balaban J connectivity index is 1.61. The summed E-state index contributed by atoms with van der Waals surface area (Å²) in [5.41, 5.74) is 6.01. The van der Waals surface area contributed by atoms with E-state index in [1.165, 1.54) is 17.7 Å². The molecule has 0 aliphatic carbocycles. The van der Waals surface area contributed by atoms with Gasteiger partial charge in [-0.15, -0.1) is 0 Å². The lowest BCUT2D eigenvalue weighted by atomic mass is 10.00. The van der Waals surface area contributed by atoms with Crippen LogP contribution in [0.4, 0.5) is 14.9 Å². The molecule has 32 heavy (non-hydrogen) atoms. The minimum Gasteiger partial charge on any atom is -0.318 e. The zero-order valence-electron chi connectivity index (χ0n) is 17.8. The minimum absolute atomic E-state index is 0.231. The van der Waals surface area contributed by atoms with Crippen molar-refractivity contribution in [2.75, 3.05) is 5.32 Å². The topological polar surface area (TPSA) is 37.3 Å². The van der Waals surface area contributed by atoms with E-state index < -0.39 is 0 Å². The van der Waals surface area contributed by atoms with Crippen molar-refractivity contribution >= 4 is 11.7 Å². The van der Waals surface area contributed by atoms with Crippen molar-refractivity contribution in [3.05, 3.63) is 119 Å². The number of rotatable bonds is 3. The van der Waals surface area contributed by atoms with Gasteiger partial charge in [0.1, 0.15) is 5.82 Å². The summed E-state index contributed by atoms with van der Waals surface area (Å²) in [6, 6.07) is 26.0. The molecule has 0 bridgehead atoms. The molecule has 160 valence electrons. The summed E-state index contributed by atoms with van der Waals surface area (Å²) in [5, 5.41) is 2.95. The number of halogens is 1. The molecule has 3 aromatic carbocycles. The molecule has 0 saturated carbocycles. The fraction of sp³-hybridized carbons (Fsp3) is 0.148. The van der Waals surface area contributed by atoms with Gasteiger partial charge in [0.05, 0.1) is 18.3 Å². The van der Waals surface area contributed by atoms with Crippen molar-refractivity contribution in [3.8, 4) is 5.69 Å². The zero-order valence-corrected chi connectivity index (χ0v) is 17.8. The Kier molecular flexibility index (Phi) is 5.23. The Morgan fingerprint density at radius 2 is 1.72 bits per heavy atom. The van der Waals surface area contributed by atoms with Gasteiger partial charge in [-0.1, -0.05) is 49.4 Å². The third-order valence-corrected chi connectivity index (χ3v) is 6.02. The van der Waals surface area contributed by atoms with E-state index in [-0.39, 0.29) is 17.9 Å². The number of para-hydroxylation sites is 1. The number of hydrogen-bond acceptors (Lipinski definition) is 1. The zero-order chi connectivity index (χ0) is 22.1. The second kappa shape index (κ2) is 8.35. The normalized spacial score (nSPS) is 14.9. The number of aryl methyl sites for hydroxylation is 1. The van der Waals surface area contributed by atoms with E-state index in [0.717, 1.165) is 28.9 Å². The summed E-state index contributed by atoms with van der Waals surface area (Å²) in [6.45, 7) is 2.58. The number of nitrogens with zero attached hydrogens (tertiary/aromatic N) is 2. The standard InChI is InChI=1S/C27H24FN3O/c1-2-19-9-11-20(12-10-19)26-25-8-5-17-30(25)24-7-4-3-6-21(24)18-31(26)27(32)29-23-15-13-22(28)14-16-23/h3-17,26H,2,18H2,1H3,(H,29,32)/t26-/m1/s1. The third kappa shape index (κ3) is 3.66. The van der Waals surface area contributed by atoms with E-state index in [9.17, 15) is 9.18 Å². The molecular formula is C27H24FN3O. The molecule has 1 aliphatic rings. The summed E-state index contributed by atoms with van der Waals surface area (Å²) in [5.74, 6) is -0.335. The van der Waals surface area contributed by atoms with Gasteiger partial charge in [-0.2, -0.15) is 0 Å². The van der Waals surface area contributed by atoms with E-state index in [0.29, 0.717) is 12.2 Å². The van der Waals surface area contributed by atoms with Crippen LogP contribution in [0.2, 0.25) is 0 Å². The number of carbonyl (C=O) groups is 1. The Morgan fingerprint density at radius 1 is 0.969 bits per heavy atom. The summed E-state index contributed by atoms with van der Waals surface area (Å²) >= 11 is 0. The second-order valence-corrected chi connectivity index (χ2v) is 7.99. The maximum Gasteiger partial charge on any atom is 0.322 e. The molecular weight excluding hydrogens is 401 g/mol. The lowest BCUT2D eigenvalue weighted by Gasteiger charge is -2.31. The smallest absolute Gasteiger partial charge is 0.318 e. The Hall–Kier alpha value is -3.86. The second-order valence-electron chi connectivity index (χ2n) is 7.99. The maximum atomic E-state index is 13.6. The first-order valence-corrected chi connectivity index (χ1v) is 10.8. The van der Waals surface area contributed by atoms with Crippen molar-refractivity contribution in [2.45, 2.75) is 25.9 Å². The highest BCUT2D eigenvalue weighted by Crippen LogP contribution is 2.37. The predicted octanol–water partition coefficient (Wildman–Crippen LogP) is 6.32. The Morgan fingerprint density at radius 3 is 2.47 bits per heavy atom. The highest BCUT2D eigenvalue weighted by atomic mass is 19.1. The molecule has 1 aliphatic heterocycles. The first-order valence-electron chi connectivity index (χ1n) is 10.8. The van der Waals surface area contributed by atoms with Crippen LogP contribution in [0.3, 0.4) is 0 Å². The Bertz CT molecular complexity index is 1240. The van der Waals surface area contributed by atoms with Gasteiger partial charge < -0.3 is 14.8 Å². The van der Waals surface area contributed by atoms with Crippen LogP contribution in [0.5, 0.6) is 0 Å². The molecule has 5 rings (SSSR count). The van der Waals surface area contributed by atoms with E-state index >= 15 is 0 Å². The maximum absolute atomic E-state index is 13.6. The van der Waals surface area contributed by atoms with Crippen LogP contribution in [0.15, 0.2) is 91.1 Å². The molecule has 1 atom stereocenters. The minimum atomic E-state index is -0.335. The quantitative estimate of drug-likeness (QED) is 0.410. The highest BCUT2D eigenvalue weighted by molar-refractivity contribution is 5.90. The molecule has 5 heteroatoms. The van der Waals surface area contributed by atoms with E-state index in [4.69, 9.17) is 0 Å². The first kappa shape index (κ1) is 20.1. The van der Waals surface area contributed by atoms with Gasteiger partial charge in [-0.25, -0.2) is 9.18 Å². The lowest BCUT2D eigenvalue weighted by molar-refractivity contribution is 0.194. The number of urea groups is 1. The van der Waals surface area contributed by atoms with Gasteiger partial charge >= 0.3 is 6.03 Å². The van der Waals surface area contributed by atoms with Crippen molar-refractivity contribution in [2.24, 2.45) is 0 Å². The van der Waals surface area contributed by atoms with Gasteiger partial charge in [0, 0.05) is 17.6 Å². The summed E-state index contributed by atoms with van der Waals surface area (Å²) in [6.07, 6.45) is 3.00. The molecule has 0 saturated heterocycles. The Labute approximate surface area is 186 Å². The number of nitrogens with one attached hydrogen (secondary N) is 1. The SMILES string of the molecule is CCc1ccc([C@@H]2c3cccn3-c3ccccc3CN2C(=O)Nc2ccc(F)cc2)cc1. The fourth-order valence-corrected chi connectivity index (χ4v) is 4.35. The lowest BCUT2D eigenvalue weighted by Crippen LogP contribution is -2.37. The molecule has 0 fully saturated rings. The van der Waals surface area contributed by atoms with Gasteiger partial charge in [-0.3, -0.25) is 0 Å². The third-order valence-electron chi connectivity index (χ3n) is 6.02. The van der Waals surface area contributed by atoms with Crippen LogP contribution >= 0.6 is 0 Å². The number of anilines is 1. The molecule has 4 aromatic rings. The molecule has 2 heterocycles. The van der Waals surface area contributed by atoms with Crippen molar-refractivity contribution < 1.29 is 9.18 Å². The summed E-state index contributed by atoms with van der Waals surface area (Å²) < 4.78 is 15.5. The number of benzene rings is 3. The average molecular weight is 426 g/mol. The van der Waals surface area contributed by atoms with Crippen LogP contribution in [0, 0.1) is 5.82 Å². The molecule has 1 aromatic heterocycles. The van der Waals surface area contributed by atoms with E-state index in [1.807, 2.05) is 29.3 Å². The average Bonchev–Trinajstić information content (AvgIpc) is 3.25. The number of aromatic nitrogens is 1. The van der Waals surface area contributed by atoms with E-state index in [2.05, 4.69) is 59.3 Å². The number of carbonyl (C=O) groups excluding carboxylic acids is 1. The van der Waals surface area contributed by atoms with E-state index in [1.54, 1.807) is 12.1 Å². The summed E-state index contributed by atoms with van der Waals surface area (Å²) in [7, 11) is 0. The largest absolute Gasteiger partial charge is 0.322 e. The van der Waals surface area contributed by atoms with Gasteiger partial charge in [0.15, 0.2) is 0 Å². The number of hydrogen-bond donors (Lipinski definition) is 1. The van der Waals surface area contributed by atoms with Crippen molar-refractivity contribution in [1.82, 2.24) is 9.47 Å². The van der Waals surface area contributed by atoms with Crippen LogP contribution < -0.4 is 5.32 Å². The molecule has 1 N–H and O–H groups in total. The van der Waals surface area contributed by atoms with Crippen LogP contribution in [0.1, 0.15) is 35.3 Å². The summed E-state index contributed by atoms with van der Waals surface area (Å²) in [4.78, 5) is 15.4. The van der Waals surface area contributed by atoms with Gasteiger partial charge in [0.25, 0.3) is 0 Å². The van der Waals surface area contributed by atoms with Gasteiger partial charge in [0.2, 0.25) is 0 Å². The van der Waals surface area contributed by atoms with Gasteiger partial charge in [-0.05, 0) is 65.6 Å². The molecule has 0 radical (unpaired) electrons. The fourth-order valence-electron chi connectivity index (χ4n) is 4.35. The highest BCUT2D eigenvalue weighted by Gasteiger charge is 2.33. The molecule has 4 nitrogen and oxygen atoms in total. The monoisotopic (exact) mass is 425 g/mol. The first-order chi connectivity index (χ1) is 15.6. The molecule has 0 spiro atoms. The van der Waals surface area contributed by atoms with Crippen molar-refractivity contribution in [3.63, 3.8) is 0 Å². The van der Waals surface area contributed by atoms with Crippen LogP contribution in [-0.4, -0.2) is 15.5 Å². The van der Waals surface area contributed by atoms with Crippen LogP contribution in [-0.2, 0) is 13.0 Å². The molecule has 2 amide bonds. The number of amides is 2. The number of fused-ring (bicyclic) bond motifs is 3. The molecule has 0 unspecified atom stereocenters. The predicted molar refractivity (Wildman–Crippen MR) is 124 cm³/mol. The van der Waals surface area contributed by atoms with Crippen molar-refractivity contribution in [1.29, 1.82) is 0 Å². The van der Waals surface area contributed by atoms with Crippen LogP contribution in [0.25, 0.3) is 5.69 Å².